The number of hydrogen-bond donors (Lipinski definition) is 8. The topological polar surface area (TPSA) is 254 Å². The second-order valence-corrected chi connectivity index (χ2v) is 8.15. The molecule has 0 aliphatic carbocycles. The Morgan fingerprint density at radius 3 is 1.80 bits per heavy atom. The van der Waals surface area contributed by atoms with Gasteiger partial charge in [0.15, 0.2) is 0 Å². The molecule has 9 N–H and O–H groups in total. The van der Waals surface area contributed by atoms with Gasteiger partial charge in [-0.3, -0.25) is 14.1 Å². The van der Waals surface area contributed by atoms with E-state index in [1.807, 2.05) is 30.3 Å². The summed E-state index contributed by atoms with van der Waals surface area (Å²) in [5, 5.41) is 19.9. The zero-order valence-electron chi connectivity index (χ0n) is 17.9. The zero-order valence-corrected chi connectivity index (χ0v) is 19.7. The molecular weight excluding hydrogens is 510 g/mol. The third kappa shape index (κ3) is 17.1. The van der Waals surface area contributed by atoms with Gasteiger partial charge in [-0.25, -0.2) is 9.36 Å². The van der Waals surface area contributed by atoms with Gasteiger partial charge in [0.05, 0.1) is 6.61 Å². The van der Waals surface area contributed by atoms with Crippen molar-refractivity contribution in [2.75, 3.05) is 6.61 Å². The monoisotopic (exact) mass is 535 g/mol. The van der Waals surface area contributed by atoms with E-state index in [4.69, 9.17) is 35.0 Å². The molecule has 0 saturated carbocycles. The van der Waals surface area contributed by atoms with E-state index in [2.05, 4.69) is 9.84 Å². The van der Waals surface area contributed by atoms with E-state index in [1.54, 1.807) is 30.3 Å². The van der Waals surface area contributed by atoms with Gasteiger partial charge in [-0.15, -0.1) is 9.79 Å². The minimum atomic E-state index is -4.60. The average Bonchev–Trinajstić information content (AvgIpc) is 2.77. The average molecular weight is 535 g/mol. The van der Waals surface area contributed by atoms with Crippen LogP contribution in [0.3, 0.4) is 0 Å². The van der Waals surface area contributed by atoms with Gasteiger partial charge in [-0.1, -0.05) is 48.5 Å². The fourth-order valence-corrected chi connectivity index (χ4v) is 2.48. The lowest BCUT2D eigenvalue weighted by molar-refractivity contribution is -0.140. The van der Waals surface area contributed by atoms with Crippen LogP contribution in [0.5, 0.6) is 0 Å². The van der Waals surface area contributed by atoms with E-state index >= 15 is 0 Å². The minimum absolute atomic E-state index is 0.259. The smallest absolute Gasteiger partial charge is 0.480 e. The van der Waals surface area contributed by atoms with Crippen LogP contribution in [0.25, 0.3) is 0 Å². The molecule has 0 fully saturated rings. The summed E-state index contributed by atoms with van der Waals surface area (Å²) in [6, 6.07) is 15.4. The molecule has 0 radical (unpaired) electrons. The minimum Gasteiger partial charge on any atom is -0.480 e. The standard InChI is InChI=1S/C16H15NO3.C3H8NO6P.HO3P/c18-15(13-9-5-2-6-10-13)17-14(16(19)20)11-12-7-3-1-4-8-12;4-2(3(5)6)1-10-11(7,8)9;1-4(2)3/h1-10,14H,11H2,(H,17,18)(H,19,20);2H,1,4H2,(H,5,6)(H2,7,8,9);(H-,1,2,3)/p+1/t14-;;/m0../s1. The number of hydrogen-bond acceptors (Lipinski definition) is 7. The Balaban J connectivity index is 0.000000651. The van der Waals surface area contributed by atoms with Crippen LogP contribution >= 0.6 is 16.1 Å². The largest absolute Gasteiger partial charge is 0.692 e. The fourth-order valence-electron chi connectivity index (χ4n) is 2.13. The van der Waals surface area contributed by atoms with Crippen molar-refractivity contribution in [3.8, 4) is 0 Å². The summed E-state index contributed by atoms with van der Waals surface area (Å²) in [6.45, 7) is -0.709. The van der Waals surface area contributed by atoms with Crippen molar-refractivity contribution in [2.45, 2.75) is 18.5 Å². The summed E-state index contributed by atoms with van der Waals surface area (Å²) < 4.78 is 22.5. The normalized spacial score (nSPS) is 11.9. The van der Waals surface area contributed by atoms with Crippen LogP contribution < -0.4 is 11.1 Å². The van der Waals surface area contributed by atoms with E-state index in [-0.39, 0.29) is 12.3 Å². The number of aliphatic carboxylic acids is 2. The van der Waals surface area contributed by atoms with Gasteiger partial charge in [-0.2, -0.15) is 0 Å². The molecule has 0 heterocycles. The van der Waals surface area contributed by atoms with Gasteiger partial charge in [0.1, 0.15) is 12.1 Å². The highest BCUT2D eigenvalue weighted by Gasteiger charge is 2.21. The first-order chi connectivity index (χ1) is 16.2. The van der Waals surface area contributed by atoms with Crippen LogP contribution in [-0.4, -0.2) is 66.3 Å². The molecule has 0 aliphatic rings. The summed E-state index contributed by atoms with van der Waals surface area (Å²) >= 11 is 0. The Labute approximate surface area is 200 Å². The van der Waals surface area contributed by atoms with Gasteiger partial charge in [0.2, 0.25) is 0 Å². The predicted molar refractivity (Wildman–Crippen MR) is 121 cm³/mol. The van der Waals surface area contributed by atoms with Gasteiger partial charge in [0.25, 0.3) is 5.91 Å². The van der Waals surface area contributed by atoms with Crippen LogP contribution in [0.1, 0.15) is 15.9 Å². The molecule has 0 saturated heterocycles. The zero-order chi connectivity index (χ0) is 27.0. The number of phosphoric acid groups is 1. The number of benzene rings is 2. The van der Waals surface area contributed by atoms with E-state index in [0.29, 0.717) is 5.56 Å². The quantitative estimate of drug-likeness (QED) is 0.201. The second kappa shape index (κ2) is 16.5. The molecular formula is C19H25N2O12P2+. The summed E-state index contributed by atoms with van der Waals surface area (Å²) in [4.78, 5) is 63.6. The van der Waals surface area contributed by atoms with Crippen molar-refractivity contribution in [1.82, 2.24) is 5.32 Å². The molecule has 2 aromatic rings. The molecule has 0 aliphatic heterocycles. The molecule has 0 aromatic heterocycles. The van der Waals surface area contributed by atoms with Gasteiger partial charge >= 0.3 is 28.0 Å². The third-order valence-electron chi connectivity index (χ3n) is 3.66. The molecule has 1 amide bonds. The predicted octanol–water partition coefficient (Wildman–Crippen LogP) is 0.248. The number of carbonyl (C=O) groups excluding carboxylic acids is 1. The number of amides is 1. The Morgan fingerprint density at radius 1 is 0.943 bits per heavy atom. The Bertz CT molecular complexity index is 997. The van der Waals surface area contributed by atoms with Crippen molar-refractivity contribution < 1.29 is 57.8 Å². The van der Waals surface area contributed by atoms with Crippen molar-refractivity contribution in [1.29, 1.82) is 0 Å². The van der Waals surface area contributed by atoms with E-state index < -0.39 is 46.7 Å². The SMILES string of the molecule is NC(COP(=O)(O)O)C(=O)O.O=C(N[C@@H](Cc1ccccc1)C(=O)O)c1ccccc1.O=[P+](O)O. The molecule has 35 heavy (non-hydrogen) atoms. The van der Waals surface area contributed by atoms with Gasteiger partial charge < -0.3 is 31.1 Å². The fraction of sp³-hybridized carbons (Fsp3) is 0.211. The van der Waals surface area contributed by atoms with Crippen molar-refractivity contribution in [3.05, 3.63) is 71.8 Å². The number of carboxylic acid groups (broad SMARTS) is 2. The molecule has 2 atom stereocenters. The lowest BCUT2D eigenvalue weighted by Crippen LogP contribution is -2.42. The summed E-state index contributed by atoms with van der Waals surface area (Å²) in [6.07, 6.45) is 0.259. The van der Waals surface area contributed by atoms with Gasteiger partial charge in [0, 0.05) is 16.5 Å². The van der Waals surface area contributed by atoms with Crippen LogP contribution in [0.15, 0.2) is 60.7 Å². The second-order valence-electron chi connectivity index (χ2n) is 6.40. The number of nitrogens with two attached hydrogens (primary N) is 1. The van der Waals surface area contributed by atoms with Crippen molar-refractivity contribution in [3.63, 3.8) is 0 Å². The summed E-state index contributed by atoms with van der Waals surface area (Å²) in [5.74, 6) is -2.80. The van der Waals surface area contributed by atoms with E-state index in [1.165, 1.54) is 0 Å². The van der Waals surface area contributed by atoms with Gasteiger partial charge in [-0.05, 0) is 17.7 Å². The molecule has 16 heteroatoms. The van der Waals surface area contributed by atoms with Crippen LogP contribution in [-0.2, 0) is 29.7 Å². The summed E-state index contributed by atoms with van der Waals surface area (Å²) in [7, 11) is -7.47. The number of nitrogens with one attached hydrogen (secondary N) is 1. The maximum atomic E-state index is 12.0. The Hall–Kier alpha value is -3.06. The van der Waals surface area contributed by atoms with Crippen molar-refractivity contribution >= 4 is 33.9 Å². The molecule has 14 nitrogen and oxygen atoms in total. The van der Waals surface area contributed by atoms with Crippen LogP contribution in [0.4, 0.5) is 0 Å². The lowest BCUT2D eigenvalue weighted by Gasteiger charge is -2.14. The number of carboxylic acids is 2. The molecule has 192 valence electrons. The first-order valence-electron chi connectivity index (χ1n) is 9.39. The maximum absolute atomic E-state index is 12.0. The highest BCUT2D eigenvalue weighted by molar-refractivity contribution is 7.46. The molecule has 0 spiro atoms. The maximum Gasteiger partial charge on any atom is 0.692 e. The van der Waals surface area contributed by atoms with E-state index in [9.17, 15) is 24.1 Å². The number of phosphoric ester groups is 1. The summed E-state index contributed by atoms with van der Waals surface area (Å²) in [5.41, 5.74) is 6.18. The third-order valence-corrected chi connectivity index (χ3v) is 4.15. The molecule has 2 rings (SSSR count). The highest BCUT2D eigenvalue weighted by Crippen LogP contribution is 2.35. The Kier molecular flexibility index (Phi) is 15.1. The number of carbonyl (C=O) groups is 3. The molecule has 2 aromatic carbocycles. The van der Waals surface area contributed by atoms with Crippen LogP contribution in [0, 0.1) is 0 Å². The number of rotatable bonds is 9. The molecule has 1 unspecified atom stereocenters. The van der Waals surface area contributed by atoms with Crippen molar-refractivity contribution in [2.24, 2.45) is 5.73 Å². The first-order valence-corrected chi connectivity index (χ1v) is 12.1. The van der Waals surface area contributed by atoms with Crippen LogP contribution in [0.2, 0.25) is 0 Å². The Morgan fingerprint density at radius 2 is 1.40 bits per heavy atom. The molecule has 0 bridgehead atoms. The highest BCUT2D eigenvalue weighted by atomic mass is 31.2. The van der Waals surface area contributed by atoms with E-state index in [0.717, 1.165) is 5.56 Å². The lowest BCUT2D eigenvalue weighted by atomic mass is 10.1. The first kappa shape index (κ1) is 31.9.